The molecule has 0 spiro atoms. The van der Waals surface area contributed by atoms with E-state index in [1.54, 1.807) is 0 Å². The molecule has 0 unspecified atom stereocenters. The minimum absolute atomic E-state index is 0. The molecule has 0 bridgehead atoms. The summed E-state index contributed by atoms with van der Waals surface area (Å²) in [5.74, 6) is 0. The molecule has 0 aromatic carbocycles. The first-order valence-corrected chi connectivity index (χ1v) is 4.42. The highest BCUT2D eigenvalue weighted by molar-refractivity contribution is 4.86. The summed E-state index contributed by atoms with van der Waals surface area (Å²) in [6.45, 7) is 7.74. The zero-order valence-corrected chi connectivity index (χ0v) is 8.88. The van der Waals surface area contributed by atoms with Crippen LogP contribution in [0.1, 0.15) is 78.2 Å². The molecule has 0 heterocycles. The molecule has 0 aliphatic heterocycles. The lowest BCUT2D eigenvalue weighted by molar-refractivity contribution is 0.472. The van der Waals surface area contributed by atoms with Crippen LogP contribution in [-0.4, -0.2) is 20.0 Å². The Morgan fingerprint density at radius 1 is 0.789 bits per heavy atom. The Kier molecular flexibility index (Phi) is 279. The van der Waals surface area contributed by atoms with Crippen LogP contribution < -0.4 is 0 Å². The highest BCUT2D eigenvalue weighted by atomic mass is 19.1. The van der Waals surface area contributed by atoms with Crippen molar-refractivity contribution in [3.63, 3.8) is 0 Å². The average Bonchev–Trinajstić information content (AvgIpc) is 2.04. The topological polar surface area (TPSA) is 0 Å². The van der Waals surface area contributed by atoms with Crippen LogP contribution in [0.15, 0.2) is 12.2 Å². The molecule has 19 heavy (non-hydrogen) atoms. The van der Waals surface area contributed by atoms with Crippen molar-refractivity contribution in [3.05, 3.63) is 12.2 Å². The molecule has 3 heteroatoms. The van der Waals surface area contributed by atoms with Crippen molar-refractivity contribution in [1.29, 1.82) is 0 Å². The van der Waals surface area contributed by atoms with E-state index >= 15 is 0 Å². The molecule has 0 amide bonds. The number of hydrogen-bond acceptors (Lipinski definition) is 0. The molecule has 0 rings (SSSR count). The lowest BCUT2D eigenvalue weighted by Gasteiger charge is -1.90. The third kappa shape index (κ3) is 339. The fourth-order valence-electron chi connectivity index (χ4n) is 0.369. The van der Waals surface area contributed by atoms with Gasteiger partial charge in [-0.1, -0.05) is 50.1 Å². The Morgan fingerprint density at radius 3 is 1.05 bits per heavy atom. The largest absolute Gasteiger partial charge is 0.251 e. The SMILES string of the molecule is C.C.C.C.C.C.C=C(C)CCCF.CCF.CCF. The average molecular weight is 295 g/mol. The summed E-state index contributed by atoms with van der Waals surface area (Å²) >= 11 is 0. The second-order valence-electron chi connectivity index (χ2n) is 2.28. The minimum atomic E-state index is -0.250. The second kappa shape index (κ2) is 84.5. The zero-order chi connectivity index (χ0) is 11.1. The maximum absolute atomic E-state index is 11.3. The highest BCUT2D eigenvalue weighted by Gasteiger charge is 1.83. The lowest BCUT2D eigenvalue weighted by Crippen LogP contribution is -1.76. The van der Waals surface area contributed by atoms with Gasteiger partial charge < -0.3 is 0 Å². The van der Waals surface area contributed by atoms with Gasteiger partial charge in [-0.3, -0.25) is 13.2 Å². The fraction of sp³-hybridized carbons (Fsp3) is 0.875. The number of allylic oxidation sites excluding steroid dienone is 1. The van der Waals surface area contributed by atoms with Gasteiger partial charge in [0.15, 0.2) is 0 Å². The molecule has 0 fully saturated rings. The molecule has 0 N–H and O–H groups in total. The van der Waals surface area contributed by atoms with Crippen molar-refractivity contribution in [3.8, 4) is 0 Å². The van der Waals surface area contributed by atoms with Gasteiger partial charge in [0.25, 0.3) is 0 Å². The van der Waals surface area contributed by atoms with E-state index in [2.05, 4.69) is 6.58 Å². The summed E-state index contributed by atoms with van der Waals surface area (Å²) < 4.78 is 31.9. The van der Waals surface area contributed by atoms with Crippen LogP contribution in [0.25, 0.3) is 0 Å². The smallest absolute Gasteiger partial charge is 0.0897 e. The van der Waals surface area contributed by atoms with Crippen LogP contribution in [-0.2, 0) is 0 Å². The summed E-state index contributed by atoms with van der Waals surface area (Å²) in [6.07, 6.45) is 1.46. The van der Waals surface area contributed by atoms with Crippen LogP contribution in [0.4, 0.5) is 13.2 Å². The maximum atomic E-state index is 11.3. The second-order valence-corrected chi connectivity index (χ2v) is 2.28. The maximum Gasteiger partial charge on any atom is 0.0897 e. The van der Waals surface area contributed by atoms with E-state index in [9.17, 15) is 13.2 Å². The van der Waals surface area contributed by atoms with Crippen molar-refractivity contribution >= 4 is 0 Å². The van der Waals surface area contributed by atoms with Gasteiger partial charge in [0.2, 0.25) is 0 Å². The molecule has 130 valence electrons. The number of hydrogen-bond donors (Lipinski definition) is 0. The Bertz CT molecular complexity index is 82.1. The summed E-state index contributed by atoms with van der Waals surface area (Å²) in [5.41, 5.74) is 1.07. The van der Waals surface area contributed by atoms with Gasteiger partial charge in [-0.05, 0) is 33.6 Å². The summed E-state index contributed by atoms with van der Waals surface area (Å²) in [7, 11) is 0. The van der Waals surface area contributed by atoms with Crippen LogP contribution >= 0.6 is 0 Å². The van der Waals surface area contributed by atoms with E-state index in [0.717, 1.165) is 12.0 Å². The van der Waals surface area contributed by atoms with Crippen molar-refractivity contribution in [1.82, 2.24) is 0 Å². The standard InChI is InChI=1S/C6H11F.2C2H5F.6CH4/c1-6(2)4-3-5-7;2*1-2-3;;;;;;/h1,3-5H2,2H3;2*2H2,1H3;6*1H4. The van der Waals surface area contributed by atoms with Gasteiger partial charge in [0.05, 0.1) is 20.0 Å². The van der Waals surface area contributed by atoms with Crippen molar-refractivity contribution in [2.75, 3.05) is 20.0 Å². The first-order valence-electron chi connectivity index (χ1n) is 4.42. The number of rotatable bonds is 3. The molecule has 0 saturated heterocycles. The van der Waals surface area contributed by atoms with E-state index < -0.39 is 0 Å². The number of halogens is 3. The van der Waals surface area contributed by atoms with Gasteiger partial charge in [-0.15, -0.1) is 6.58 Å². The van der Waals surface area contributed by atoms with Crippen LogP contribution in [0.3, 0.4) is 0 Å². The molecule has 0 atom stereocenters. The molecule has 0 aliphatic rings. The van der Waals surface area contributed by atoms with Gasteiger partial charge in [0.1, 0.15) is 0 Å². The molecule has 0 nitrogen and oxygen atoms in total. The summed E-state index contributed by atoms with van der Waals surface area (Å²) in [6, 6.07) is 0. The van der Waals surface area contributed by atoms with Gasteiger partial charge in [0, 0.05) is 0 Å². The first-order chi connectivity index (χ1) is 6.10. The fourth-order valence-corrected chi connectivity index (χ4v) is 0.369. The predicted molar refractivity (Wildman–Crippen MR) is 93.7 cm³/mol. The minimum Gasteiger partial charge on any atom is -0.251 e. The van der Waals surface area contributed by atoms with Crippen LogP contribution in [0, 0.1) is 0 Å². The first kappa shape index (κ1) is 62.7. The molecular formula is C16H45F3. The van der Waals surface area contributed by atoms with E-state index in [1.807, 2.05) is 6.92 Å². The van der Waals surface area contributed by atoms with Crippen molar-refractivity contribution in [2.45, 2.75) is 78.2 Å². The Morgan fingerprint density at radius 2 is 1.00 bits per heavy atom. The molecular weight excluding hydrogens is 249 g/mol. The lowest BCUT2D eigenvalue weighted by atomic mass is 10.2. The predicted octanol–water partition coefficient (Wildman–Crippen LogP) is 8.08. The Balaban J connectivity index is -0.0000000107. The molecule has 0 radical (unpaired) electrons. The molecule has 0 aliphatic carbocycles. The van der Waals surface area contributed by atoms with E-state index in [1.165, 1.54) is 13.8 Å². The number of alkyl halides is 3. The Hall–Kier alpha value is -0.470. The highest BCUT2D eigenvalue weighted by Crippen LogP contribution is 1.98. The molecule has 0 saturated carbocycles. The van der Waals surface area contributed by atoms with E-state index in [0.29, 0.717) is 6.42 Å². The van der Waals surface area contributed by atoms with Crippen molar-refractivity contribution in [2.24, 2.45) is 0 Å². The molecule has 0 aromatic rings. The van der Waals surface area contributed by atoms with Crippen LogP contribution in [0.5, 0.6) is 0 Å². The van der Waals surface area contributed by atoms with E-state index in [-0.39, 0.29) is 64.6 Å². The molecule has 0 aromatic heterocycles. The normalized spacial score (nSPS) is 5.16. The van der Waals surface area contributed by atoms with Gasteiger partial charge in [-0.25, -0.2) is 0 Å². The Labute approximate surface area is 124 Å². The third-order valence-corrected chi connectivity index (χ3v) is 0.737. The zero-order valence-electron chi connectivity index (χ0n) is 8.88. The summed E-state index contributed by atoms with van der Waals surface area (Å²) in [4.78, 5) is 0. The van der Waals surface area contributed by atoms with Gasteiger partial charge >= 0.3 is 0 Å². The van der Waals surface area contributed by atoms with Crippen molar-refractivity contribution < 1.29 is 13.2 Å². The summed E-state index contributed by atoms with van der Waals surface area (Å²) in [5, 5.41) is 0. The quantitative estimate of drug-likeness (QED) is 0.461. The third-order valence-electron chi connectivity index (χ3n) is 0.737. The monoisotopic (exact) mass is 294 g/mol. The van der Waals surface area contributed by atoms with Gasteiger partial charge in [-0.2, -0.15) is 0 Å². The van der Waals surface area contributed by atoms with E-state index in [4.69, 9.17) is 0 Å². The van der Waals surface area contributed by atoms with Crippen LogP contribution in [0.2, 0.25) is 0 Å².